The average molecular weight is 468 g/mol. The van der Waals surface area contributed by atoms with E-state index in [9.17, 15) is 18.8 Å². The van der Waals surface area contributed by atoms with Gasteiger partial charge in [0.25, 0.3) is 5.91 Å². The molecule has 0 unspecified atom stereocenters. The van der Waals surface area contributed by atoms with E-state index in [1.807, 2.05) is 17.5 Å². The molecule has 33 heavy (non-hydrogen) atoms. The third-order valence-corrected chi connectivity index (χ3v) is 6.27. The highest BCUT2D eigenvalue weighted by Gasteiger charge is 2.46. The van der Waals surface area contributed by atoms with E-state index in [1.165, 1.54) is 29.2 Å². The molecule has 0 radical (unpaired) electrons. The smallest absolute Gasteiger partial charge is 0.332 e. The molecular weight excluding hydrogens is 445 g/mol. The van der Waals surface area contributed by atoms with Crippen LogP contribution in [0.15, 0.2) is 66.0 Å². The number of methoxy groups -OCH3 is 1. The number of nitrogens with one attached hydrogen (secondary N) is 1. The predicted molar refractivity (Wildman–Crippen MR) is 124 cm³/mol. The van der Waals surface area contributed by atoms with Gasteiger partial charge in [-0.2, -0.15) is 0 Å². The fourth-order valence-electron chi connectivity index (χ4n) is 3.66. The number of imide groups is 1. The summed E-state index contributed by atoms with van der Waals surface area (Å²) in [6.45, 7) is 0.281. The Morgan fingerprint density at radius 1 is 1.09 bits per heavy atom. The Kier molecular flexibility index (Phi) is 6.69. The number of urea groups is 1. The molecule has 2 heterocycles. The van der Waals surface area contributed by atoms with Gasteiger partial charge in [0.1, 0.15) is 17.6 Å². The van der Waals surface area contributed by atoms with E-state index in [1.54, 1.807) is 42.7 Å². The lowest BCUT2D eigenvalue weighted by molar-refractivity contribution is -0.124. The van der Waals surface area contributed by atoms with Gasteiger partial charge in [-0.3, -0.25) is 9.59 Å². The summed E-state index contributed by atoms with van der Waals surface area (Å²) in [5.41, 5.74) is 0.823. The second-order valence-corrected chi connectivity index (χ2v) is 8.48. The SMILES string of the molecule is COc1ccc(NC(=O)C[C@H]2C(=O)N(c3ccc(F)cc3)C(=O)N2CCc2cccs2)cc1. The Morgan fingerprint density at radius 3 is 2.45 bits per heavy atom. The van der Waals surface area contributed by atoms with Gasteiger partial charge in [-0.15, -0.1) is 11.3 Å². The Morgan fingerprint density at radius 2 is 1.82 bits per heavy atom. The van der Waals surface area contributed by atoms with Gasteiger partial charge in [-0.1, -0.05) is 6.07 Å². The first kappa shape index (κ1) is 22.5. The molecule has 0 saturated carbocycles. The number of thiophene rings is 1. The van der Waals surface area contributed by atoms with Crippen LogP contribution in [0.25, 0.3) is 0 Å². The van der Waals surface area contributed by atoms with Crippen LogP contribution < -0.4 is 15.0 Å². The monoisotopic (exact) mass is 467 g/mol. The second kappa shape index (κ2) is 9.83. The number of carbonyl (C=O) groups is 3. The molecule has 1 saturated heterocycles. The quantitative estimate of drug-likeness (QED) is 0.501. The summed E-state index contributed by atoms with van der Waals surface area (Å²) in [6, 6.07) is 14.3. The lowest BCUT2D eigenvalue weighted by Gasteiger charge is -2.21. The van der Waals surface area contributed by atoms with Gasteiger partial charge in [0, 0.05) is 17.1 Å². The van der Waals surface area contributed by atoms with Crippen LogP contribution in [0.5, 0.6) is 5.75 Å². The van der Waals surface area contributed by atoms with E-state index in [4.69, 9.17) is 4.74 Å². The van der Waals surface area contributed by atoms with E-state index >= 15 is 0 Å². The maximum absolute atomic E-state index is 13.4. The van der Waals surface area contributed by atoms with Gasteiger partial charge in [-0.05, 0) is 66.4 Å². The summed E-state index contributed by atoms with van der Waals surface area (Å²) in [4.78, 5) is 42.6. The summed E-state index contributed by atoms with van der Waals surface area (Å²) >= 11 is 1.56. The van der Waals surface area contributed by atoms with Crippen LogP contribution in [-0.2, 0) is 16.0 Å². The molecule has 1 aliphatic rings. The lowest BCUT2D eigenvalue weighted by Crippen LogP contribution is -2.39. The summed E-state index contributed by atoms with van der Waals surface area (Å²) in [5, 5.41) is 4.70. The summed E-state index contributed by atoms with van der Waals surface area (Å²) in [6.07, 6.45) is 0.364. The van der Waals surface area contributed by atoms with Gasteiger partial charge in [-0.25, -0.2) is 14.1 Å². The molecule has 1 fully saturated rings. The van der Waals surface area contributed by atoms with Gasteiger partial charge >= 0.3 is 6.03 Å². The van der Waals surface area contributed by atoms with Crippen molar-refractivity contribution < 1.29 is 23.5 Å². The molecule has 1 atom stereocenters. The third kappa shape index (κ3) is 5.04. The van der Waals surface area contributed by atoms with Crippen molar-refractivity contribution in [2.24, 2.45) is 0 Å². The van der Waals surface area contributed by atoms with Crippen LogP contribution in [0.3, 0.4) is 0 Å². The van der Waals surface area contributed by atoms with E-state index in [-0.39, 0.29) is 18.7 Å². The van der Waals surface area contributed by atoms with Crippen molar-refractivity contribution in [3.05, 3.63) is 76.7 Å². The number of nitrogens with zero attached hydrogens (tertiary/aromatic N) is 2. The summed E-state index contributed by atoms with van der Waals surface area (Å²) in [5.74, 6) is -0.724. The first-order chi connectivity index (χ1) is 16.0. The molecule has 1 aliphatic heterocycles. The molecule has 0 bridgehead atoms. The zero-order chi connectivity index (χ0) is 23.4. The van der Waals surface area contributed by atoms with Crippen LogP contribution in [0.1, 0.15) is 11.3 Å². The zero-order valence-corrected chi connectivity index (χ0v) is 18.7. The lowest BCUT2D eigenvalue weighted by atomic mass is 10.1. The van der Waals surface area contributed by atoms with Gasteiger partial charge < -0.3 is 15.0 Å². The minimum Gasteiger partial charge on any atom is -0.497 e. The fraction of sp³-hybridized carbons (Fsp3) is 0.208. The van der Waals surface area contributed by atoms with Crippen molar-refractivity contribution in [3.63, 3.8) is 0 Å². The molecule has 1 aromatic heterocycles. The van der Waals surface area contributed by atoms with Crippen LogP contribution in [0, 0.1) is 5.82 Å². The molecule has 1 N–H and O–H groups in total. The first-order valence-electron chi connectivity index (χ1n) is 10.3. The number of ether oxygens (including phenoxy) is 1. The number of hydrogen-bond acceptors (Lipinski definition) is 5. The minimum absolute atomic E-state index is 0.196. The second-order valence-electron chi connectivity index (χ2n) is 7.45. The summed E-state index contributed by atoms with van der Waals surface area (Å²) < 4.78 is 18.5. The molecule has 9 heteroatoms. The maximum Gasteiger partial charge on any atom is 0.332 e. The normalized spacial score (nSPS) is 15.8. The standard InChI is InChI=1S/C24H22FN3O4S/c1-32-19-10-6-17(7-11-19)26-22(29)15-21-23(30)28(18-8-4-16(25)5-9-18)24(31)27(21)13-12-20-3-2-14-33-20/h2-11,14,21H,12-13,15H2,1H3,(H,26,29)/t21-/m0/s1. The number of amides is 4. The number of halogens is 1. The van der Waals surface area contributed by atoms with E-state index in [0.717, 1.165) is 9.78 Å². The number of benzene rings is 2. The molecule has 170 valence electrons. The molecule has 7 nitrogen and oxygen atoms in total. The van der Waals surface area contributed by atoms with Crippen LogP contribution in [-0.4, -0.2) is 42.4 Å². The Balaban J connectivity index is 1.53. The summed E-state index contributed by atoms with van der Waals surface area (Å²) in [7, 11) is 1.55. The topological polar surface area (TPSA) is 79.0 Å². The van der Waals surface area contributed by atoms with Crippen molar-refractivity contribution in [2.45, 2.75) is 18.9 Å². The van der Waals surface area contributed by atoms with Crippen molar-refractivity contribution in [1.29, 1.82) is 0 Å². The highest BCUT2D eigenvalue weighted by molar-refractivity contribution is 7.09. The van der Waals surface area contributed by atoms with E-state index in [0.29, 0.717) is 17.9 Å². The van der Waals surface area contributed by atoms with E-state index in [2.05, 4.69) is 5.32 Å². The first-order valence-corrected chi connectivity index (χ1v) is 11.2. The van der Waals surface area contributed by atoms with Gasteiger partial charge in [0.15, 0.2) is 0 Å². The Hall–Kier alpha value is -3.72. The fourth-order valence-corrected chi connectivity index (χ4v) is 4.36. The highest BCUT2D eigenvalue weighted by atomic mass is 32.1. The van der Waals surface area contributed by atoms with Crippen molar-refractivity contribution in [1.82, 2.24) is 4.90 Å². The highest BCUT2D eigenvalue weighted by Crippen LogP contribution is 2.28. The Bertz CT molecular complexity index is 1130. The predicted octanol–water partition coefficient (Wildman–Crippen LogP) is 4.30. The number of hydrogen-bond donors (Lipinski definition) is 1. The average Bonchev–Trinajstić information content (AvgIpc) is 3.41. The molecule has 0 spiro atoms. The molecule has 2 aromatic carbocycles. The van der Waals surface area contributed by atoms with Crippen LogP contribution in [0.4, 0.5) is 20.6 Å². The van der Waals surface area contributed by atoms with Crippen molar-refractivity contribution in [2.75, 3.05) is 23.9 Å². The van der Waals surface area contributed by atoms with Crippen molar-refractivity contribution >= 4 is 40.6 Å². The minimum atomic E-state index is -0.958. The maximum atomic E-state index is 13.4. The van der Waals surface area contributed by atoms with Gasteiger partial charge in [0.2, 0.25) is 5.91 Å². The van der Waals surface area contributed by atoms with Gasteiger partial charge in [0.05, 0.1) is 19.2 Å². The van der Waals surface area contributed by atoms with Crippen LogP contribution in [0.2, 0.25) is 0 Å². The number of carbonyl (C=O) groups excluding carboxylic acids is 3. The van der Waals surface area contributed by atoms with Crippen molar-refractivity contribution in [3.8, 4) is 5.75 Å². The van der Waals surface area contributed by atoms with Crippen LogP contribution >= 0.6 is 11.3 Å². The number of rotatable bonds is 8. The largest absolute Gasteiger partial charge is 0.497 e. The molecular formula is C24H22FN3O4S. The Labute approximate surface area is 194 Å². The molecule has 3 aromatic rings. The third-order valence-electron chi connectivity index (χ3n) is 5.34. The zero-order valence-electron chi connectivity index (χ0n) is 17.9. The number of anilines is 2. The molecule has 4 rings (SSSR count). The molecule has 4 amide bonds. The molecule has 0 aliphatic carbocycles. The van der Waals surface area contributed by atoms with E-state index < -0.39 is 29.7 Å².